The molecule has 0 saturated heterocycles. The smallest absolute Gasteiger partial charge is 0.143 e. The topological polar surface area (TPSA) is 16.4 Å². The Bertz CT molecular complexity index is 3170. The van der Waals surface area contributed by atoms with Crippen LogP contribution in [0.25, 0.3) is 85.6 Å². The highest BCUT2D eigenvalue weighted by Gasteiger charge is 2.19. The number of para-hydroxylation sites is 2. The highest BCUT2D eigenvalue weighted by atomic mass is 32.1. The van der Waals surface area contributed by atoms with Crippen molar-refractivity contribution in [3.8, 4) is 11.1 Å². The van der Waals surface area contributed by atoms with E-state index < -0.39 is 0 Å². The molecule has 51 heavy (non-hydrogen) atoms. The number of hydrogen-bond donors (Lipinski definition) is 0. The van der Waals surface area contributed by atoms with E-state index in [0.717, 1.165) is 44.6 Å². The van der Waals surface area contributed by atoms with Gasteiger partial charge in [0.2, 0.25) is 0 Å². The molecule has 0 fully saturated rings. The zero-order valence-electron chi connectivity index (χ0n) is 27.5. The number of nitrogens with zero attached hydrogens (tertiary/aromatic N) is 1. The minimum Gasteiger partial charge on any atom is -0.455 e. The minimum absolute atomic E-state index is 0.920. The first-order valence-electron chi connectivity index (χ1n) is 17.3. The number of hydrogen-bond acceptors (Lipinski definition) is 3. The van der Waals surface area contributed by atoms with Crippen LogP contribution in [0.4, 0.5) is 17.1 Å². The van der Waals surface area contributed by atoms with E-state index >= 15 is 0 Å². The maximum atomic E-state index is 6.50. The van der Waals surface area contributed by atoms with Crippen molar-refractivity contribution in [1.29, 1.82) is 0 Å². The Morgan fingerprint density at radius 1 is 0.373 bits per heavy atom. The van der Waals surface area contributed by atoms with Gasteiger partial charge in [-0.1, -0.05) is 127 Å². The molecular weight excluding hydrogens is 639 g/mol. The van der Waals surface area contributed by atoms with Gasteiger partial charge in [0.1, 0.15) is 11.2 Å². The van der Waals surface area contributed by atoms with E-state index in [-0.39, 0.29) is 0 Å². The van der Waals surface area contributed by atoms with Crippen molar-refractivity contribution in [2.45, 2.75) is 0 Å². The average molecular weight is 668 g/mol. The first-order chi connectivity index (χ1) is 25.3. The maximum Gasteiger partial charge on any atom is 0.143 e. The monoisotopic (exact) mass is 667 g/mol. The third-order valence-electron chi connectivity index (χ3n) is 10.4. The summed E-state index contributed by atoms with van der Waals surface area (Å²) in [5.41, 5.74) is 7.57. The summed E-state index contributed by atoms with van der Waals surface area (Å²) in [4.78, 5) is 2.41. The van der Waals surface area contributed by atoms with E-state index in [1.165, 1.54) is 58.1 Å². The van der Waals surface area contributed by atoms with E-state index in [0.29, 0.717) is 0 Å². The van der Waals surface area contributed by atoms with Crippen molar-refractivity contribution in [3.05, 3.63) is 176 Å². The molecule has 2 heterocycles. The molecule has 11 rings (SSSR count). The predicted octanol–water partition coefficient (Wildman–Crippen LogP) is 14.6. The number of rotatable bonds is 4. The van der Waals surface area contributed by atoms with Crippen LogP contribution in [0, 0.1) is 0 Å². The van der Waals surface area contributed by atoms with Crippen molar-refractivity contribution in [2.75, 3.05) is 4.90 Å². The van der Waals surface area contributed by atoms with Crippen molar-refractivity contribution in [2.24, 2.45) is 0 Å². The molecule has 2 nitrogen and oxygen atoms in total. The zero-order chi connectivity index (χ0) is 33.5. The molecule has 0 aliphatic carbocycles. The van der Waals surface area contributed by atoms with Crippen molar-refractivity contribution < 1.29 is 4.42 Å². The summed E-state index contributed by atoms with van der Waals surface area (Å²) in [7, 11) is 0. The van der Waals surface area contributed by atoms with Crippen molar-refractivity contribution in [1.82, 2.24) is 0 Å². The molecular formula is C48H29NOS. The summed E-state index contributed by atoms with van der Waals surface area (Å²) in [6.07, 6.45) is 0. The van der Waals surface area contributed by atoms with Crippen LogP contribution in [0.15, 0.2) is 180 Å². The lowest BCUT2D eigenvalue weighted by Gasteiger charge is -2.26. The maximum absolute atomic E-state index is 6.50. The molecule has 0 N–H and O–H groups in total. The zero-order valence-corrected chi connectivity index (χ0v) is 28.3. The molecule has 11 aromatic rings. The third-order valence-corrected chi connectivity index (χ3v) is 11.6. The number of fused-ring (bicyclic) bond motifs is 10. The van der Waals surface area contributed by atoms with E-state index in [4.69, 9.17) is 4.42 Å². The quantitative estimate of drug-likeness (QED) is 0.174. The number of thiophene rings is 1. The van der Waals surface area contributed by atoms with Crippen LogP contribution in [0.1, 0.15) is 0 Å². The lowest BCUT2D eigenvalue weighted by Crippen LogP contribution is -2.09. The Hall–Kier alpha value is -6.42. The van der Waals surface area contributed by atoms with Crippen molar-refractivity contribution in [3.63, 3.8) is 0 Å². The van der Waals surface area contributed by atoms with Crippen LogP contribution >= 0.6 is 11.3 Å². The van der Waals surface area contributed by atoms with Gasteiger partial charge in [0, 0.05) is 59.1 Å². The van der Waals surface area contributed by atoms with E-state index in [2.05, 4.69) is 175 Å². The van der Waals surface area contributed by atoms with Crippen LogP contribution in [-0.2, 0) is 0 Å². The highest BCUT2D eigenvalue weighted by molar-refractivity contribution is 7.26. The fourth-order valence-corrected chi connectivity index (χ4v) is 9.20. The fourth-order valence-electron chi connectivity index (χ4n) is 7.99. The van der Waals surface area contributed by atoms with Crippen molar-refractivity contribution >= 4 is 103 Å². The summed E-state index contributed by atoms with van der Waals surface area (Å²) in [5, 5.41) is 12.3. The molecule has 9 aromatic carbocycles. The number of furan rings is 1. The van der Waals surface area contributed by atoms with Gasteiger partial charge >= 0.3 is 0 Å². The number of anilines is 3. The largest absolute Gasteiger partial charge is 0.455 e. The third kappa shape index (κ3) is 4.42. The van der Waals surface area contributed by atoms with Gasteiger partial charge in [0.25, 0.3) is 0 Å². The van der Waals surface area contributed by atoms with Crippen LogP contribution in [0.5, 0.6) is 0 Å². The van der Waals surface area contributed by atoms with Gasteiger partial charge in [-0.05, 0) is 80.8 Å². The van der Waals surface area contributed by atoms with Gasteiger partial charge in [-0.15, -0.1) is 11.3 Å². The van der Waals surface area contributed by atoms with Crippen LogP contribution in [0.2, 0.25) is 0 Å². The second-order valence-corrected chi connectivity index (χ2v) is 14.4. The summed E-state index contributed by atoms with van der Waals surface area (Å²) in [6.45, 7) is 0. The second-order valence-electron chi connectivity index (χ2n) is 13.3. The Labute approximate surface area is 298 Å². The molecule has 2 aromatic heterocycles. The van der Waals surface area contributed by atoms with Gasteiger partial charge < -0.3 is 9.32 Å². The van der Waals surface area contributed by atoms with Gasteiger partial charge in [-0.2, -0.15) is 0 Å². The summed E-state index contributed by atoms with van der Waals surface area (Å²) in [6, 6.07) is 63.9. The summed E-state index contributed by atoms with van der Waals surface area (Å²) in [5.74, 6) is 0. The van der Waals surface area contributed by atoms with E-state index in [1.807, 2.05) is 17.4 Å². The molecule has 0 spiro atoms. The molecule has 3 heteroatoms. The average Bonchev–Trinajstić information content (AvgIpc) is 3.76. The molecule has 0 saturated carbocycles. The van der Waals surface area contributed by atoms with Crippen LogP contribution in [0.3, 0.4) is 0 Å². The lowest BCUT2D eigenvalue weighted by molar-refractivity contribution is 0.670. The summed E-state index contributed by atoms with van der Waals surface area (Å²) >= 11 is 1.86. The second kappa shape index (κ2) is 11.0. The van der Waals surface area contributed by atoms with Gasteiger partial charge in [0.15, 0.2) is 0 Å². The molecule has 0 radical (unpaired) electrons. The SMILES string of the molecule is c1ccc2cc(N(c3ccc4ccc5ccccc5c4c3)c3ccc4sc5c(-c6cccc7c6oc6ccccc67)cccc5c4c3)ccc2c1. The van der Waals surface area contributed by atoms with Gasteiger partial charge in [0.05, 0.1) is 0 Å². The van der Waals surface area contributed by atoms with E-state index in [9.17, 15) is 0 Å². The van der Waals surface area contributed by atoms with Gasteiger partial charge in [-0.25, -0.2) is 0 Å². The molecule has 238 valence electrons. The van der Waals surface area contributed by atoms with Gasteiger partial charge in [-0.3, -0.25) is 0 Å². The van der Waals surface area contributed by atoms with Crippen LogP contribution < -0.4 is 4.90 Å². The summed E-state index contributed by atoms with van der Waals surface area (Å²) < 4.78 is 9.03. The Morgan fingerprint density at radius 3 is 1.82 bits per heavy atom. The predicted molar refractivity (Wildman–Crippen MR) is 219 cm³/mol. The molecule has 0 unspecified atom stereocenters. The Balaban J connectivity index is 1.13. The molecule has 0 bridgehead atoms. The lowest BCUT2D eigenvalue weighted by atomic mass is 9.99. The van der Waals surface area contributed by atoms with Crippen LogP contribution in [-0.4, -0.2) is 0 Å². The molecule has 0 aliphatic rings. The number of benzene rings is 9. The standard InChI is InChI=1S/C48H29NOS/c1-2-11-33-27-34(23-21-30(33)9-1)49(35-24-22-32-20-19-31-10-3-4-12-37(31)43(32)28-35)36-25-26-46-44(29-36)42-17-8-16-41(48(42)51-46)40-15-7-14-39-38-13-5-6-18-45(38)50-47(39)40/h1-29H. The minimum atomic E-state index is 0.920. The Morgan fingerprint density at radius 2 is 0.961 bits per heavy atom. The highest BCUT2D eigenvalue weighted by Crippen LogP contribution is 2.46. The molecule has 0 aliphatic heterocycles. The first kappa shape index (κ1) is 28.4. The normalized spacial score (nSPS) is 11.9. The molecule has 0 atom stereocenters. The fraction of sp³-hybridized carbons (Fsp3) is 0. The van der Waals surface area contributed by atoms with E-state index in [1.54, 1.807) is 0 Å². The Kier molecular flexibility index (Phi) is 6.16. The molecule has 0 amide bonds. The first-order valence-corrected chi connectivity index (χ1v) is 18.1.